The van der Waals surface area contributed by atoms with Crippen LogP contribution in [0.4, 0.5) is 21.5 Å². The maximum Gasteiger partial charge on any atom is 0.257 e. The molecule has 5 rings (SSSR count). The molecule has 0 bridgehead atoms. The monoisotopic (exact) mass is 565 g/mol. The molecule has 2 saturated heterocycles. The Morgan fingerprint density at radius 3 is 2.27 bits per heavy atom. The number of nitrogen functional groups attached to an aromatic ring is 1. The Kier molecular flexibility index (Phi) is 8.25. The van der Waals surface area contributed by atoms with Gasteiger partial charge >= 0.3 is 0 Å². The molecule has 3 aromatic carbocycles. The van der Waals surface area contributed by atoms with Crippen LogP contribution in [0.3, 0.4) is 0 Å². The molecular weight excluding hydrogens is 533 g/mol. The van der Waals surface area contributed by atoms with Crippen molar-refractivity contribution in [3.8, 4) is 11.1 Å². The van der Waals surface area contributed by atoms with Gasteiger partial charge in [0.15, 0.2) is 5.82 Å². The molecule has 40 heavy (non-hydrogen) atoms. The molecule has 3 aromatic rings. The first kappa shape index (κ1) is 27.9. The summed E-state index contributed by atoms with van der Waals surface area (Å²) in [7, 11) is 2.08. The van der Waals surface area contributed by atoms with Crippen molar-refractivity contribution in [2.45, 2.75) is 6.92 Å². The van der Waals surface area contributed by atoms with Crippen molar-refractivity contribution in [2.24, 2.45) is 0 Å². The molecule has 0 aliphatic carbocycles. The van der Waals surface area contributed by atoms with Crippen LogP contribution in [0.15, 0.2) is 48.5 Å². The zero-order valence-electron chi connectivity index (χ0n) is 22.7. The van der Waals surface area contributed by atoms with Gasteiger partial charge in [-0.3, -0.25) is 9.59 Å². The van der Waals surface area contributed by atoms with Crippen LogP contribution in [-0.4, -0.2) is 81.1 Å². The molecule has 210 valence electrons. The highest BCUT2D eigenvalue weighted by Crippen LogP contribution is 2.34. The SMILES string of the molecule is Cc1c(F)c(N)cc(C(=O)Nc2cc(-c3ccc(C(=O)N4CCOCC4)cc3)ccc2N2CCN(C)CC2)c1Cl. The number of anilines is 3. The van der Waals surface area contributed by atoms with E-state index >= 15 is 0 Å². The number of piperazine rings is 1. The van der Waals surface area contributed by atoms with E-state index < -0.39 is 11.7 Å². The molecule has 2 aliphatic rings. The summed E-state index contributed by atoms with van der Waals surface area (Å²) in [6, 6.07) is 14.6. The molecule has 2 fully saturated rings. The molecule has 0 atom stereocenters. The van der Waals surface area contributed by atoms with Crippen LogP contribution in [0.25, 0.3) is 11.1 Å². The van der Waals surface area contributed by atoms with Gasteiger partial charge in [-0.15, -0.1) is 0 Å². The zero-order chi connectivity index (χ0) is 28.4. The first-order valence-corrected chi connectivity index (χ1v) is 13.7. The number of nitrogens with one attached hydrogen (secondary N) is 1. The molecule has 0 spiro atoms. The van der Waals surface area contributed by atoms with Crippen molar-refractivity contribution in [2.75, 3.05) is 75.5 Å². The fraction of sp³-hybridized carbons (Fsp3) is 0.333. The highest BCUT2D eigenvalue weighted by Gasteiger charge is 2.23. The second kappa shape index (κ2) is 11.8. The van der Waals surface area contributed by atoms with Crippen LogP contribution in [0, 0.1) is 12.7 Å². The first-order valence-electron chi connectivity index (χ1n) is 13.3. The molecule has 2 aliphatic heterocycles. The number of carbonyl (C=O) groups is 2. The van der Waals surface area contributed by atoms with Crippen LogP contribution >= 0.6 is 11.6 Å². The predicted octanol–water partition coefficient (Wildman–Crippen LogP) is 4.51. The second-order valence-electron chi connectivity index (χ2n) is 10.2. The van der Waals surface area contributed by atoms with E-state index in [9.17, 15) is 14.0 Å². The number of hydrogen-bond donors (Lipinski definition) is 2. The lowest BCUT2D eigenvalue weighted by atomic mass is 10.0. The Morgan fingerprint density at radius 2 is 1.60 bits per heavy atom. The third-order valence-corrected chi connectivity index (χ3v) is 8.03. The molecule has 2 heterocycles. The third-order valence-electron chi connectivity index (χ3n) is 7.55. The van der Waals surface area contributed by atoms with Crippen molar-refractivity contribution >= 4 is 40.5 Å². The maximum absolute atomic E-state index is 14.2. The lowest BCUT2D eigenvalue weighted by molar-refractivity contribution is 0.0303. The first-order chi connectivity index (χ1) is 19.2. The van der Waals surface area contributed by atoms with Crippen LogP contribution in [-0.2, 0) is 4.74 Å². The summed E-state index contributed by atoms with van der Waals surface area (Å²) in [4.78, 5) is 32.6. The largest absolute Gasteiger partial charge is 0.396 e. The predicted molar refractivity (Wildman–Crippen MR) is 157 cm³/mol. The maximum atomic E-state index is 14.2. The Labute approximate surface area is 238 Å². The second-order valence-corrected chi connectivity index (χ2v) is 10.6. The average molecular weight is 566 g/mol. The molecule has 0 saturated carbocycles. The summed E-state index contributed by atoms with van der Waals surface area (Å²) < 4.78 is 19.6. The number of rotatable bonds is 5. The summed E-state index contributed by atoms with van der Waals surface area (Å²) in [6.07, 6.45) is 0. The smallest absolute Gasteiger partial charge is 0.257 e. The summed E-state index contributed by atoms with van der Waals surface area (Å²) in [6.45, 7) is 7.16. The number of nitrogens with zero attached hydrogens (tertiary/aromatic N) is 3. The lowest BCUT2D eigenvalue weighted by Gasteiger charge is -2.35. The minimum atomic E-state index is -0.628. The zero-order valence-corrected chi connectivity index (χ0v) is 23.4. The van der Waals surface area contributed by atoms with E-state index in [0.717, 1.165) is 43.0 Å². The van der Waals surface area contributed by atoms with Crippen molar-refractivity contribution in [3.05, 3.63) is 76.1 Å². The summed E-state index contributed by atoms with van der Waals surface area (Å²) in [5.74, 6) is -1.12. The number of ether oxygens (including phenoxy) is 1. The molecule has 0 aromatic heterocycles. The number of nitrogens with two attached hydrogens (primary N) is 1. The Hall–Kier alpha value is -3.66. The molecule has 8 nitrogen and oxygen atoms in total. The number of halogens is 2. The number of likely N-dealkylation sites (N-methyl/N-ethyl adjacent to an activating group) is 1. The van der Waals surface area contributed by atoms with E-state index in [1.165, 1.54) is 13.0 Å². The molecule has 0 unspecified atom stereocenters. The molecular formula is C30H33ClFN5O3. The number of morpholine rings is 1. The summed E-state index contributed by atoms with van der Waals surface area (Å²) in [5.41, 5.74) is 9.80. The Bertz CT molecular complexity index is 1420. The average Bonchev–Trinajstić information content (AvgIpc) is 2.98. The van der Waals surface area contributed by atoms with E-state index in [4.69, 9.17) is 22.1 Å². The van der Waals surface area contributed by atoms with Gasteiger partial charge in [0, 0.05) is 50.4 Å². The van der Waals surface area contributed by atoms with E-state index in [-0.39, 0.29) is 27.7 Å². The van der Waals surface area contributed by atoms with Gasteiger partial charge in [-0.05, 0) is 55.4 Å². The minimum Gasteiger partial charge on any atom is -0.396 e. The standard InChI is InChI=1S/C30H33ClFN5O3/c1-19-27(31)23(18-24(33)28(19)32)29(38)34-25-17-22(7-8-26(25)36-11-9-35(2)10-12-36)20-3-5-21(6-4-20)30(39)37-13-15-40-16-14-37/h3-8,17-18H,9-16,33H2,1-2H3,(H,34,38). The van der Waals surface area contributed by atoms with E-state index in [0.29, 0.717) is 37.6 Å². The summed E-state index contributed by atoms with van der Waals surface area (Å²) >= 11 is 6.35. The highest BCUT2D eigenvalue weighted by molar-refractivity contribution is 6.35. The quantitative estimate of drug-likeness (QED) is 0.442. The van der Waals surface area contributed by atoms with Crippen molar-refractivity contribution in [1.82, 2.24) is 9.80 Å². The molecule has 10 heteroatoms. The van der Waals surface area contributed by atoms with Gasteiger partial charge in [0.2, 0.25) is 0 Å². The Morgan fingerprint density at radius 1 is 0.950 bits per heavy atom. The van der Waals surface area contributed by atoms with E-state index in [1.807, 2.05) is 42.5 Å². The minimum absolute atomic E-state index is 0.0149. The fourth-order valence-corrected chi connectivity index (χ4v) is 5.27. The normalized spacial score (nSPS) is 16.2. The van der Waals surface area contributed by atoms with Crippen LogP contribution in [0.1, 0.15) is 26.3 Å². The van der Waals surface area contributed by atoms with E-state index in [2.05, 4.69) is 22.2 Å². The molecule has 0 radical (unpaired) electrons. The van der Waals surface area contributed by atoms with Crippen LogP contribution < -0.4 is 16.0 Å². The molecule has 3 N–H and O–H groups in total. The van der Waals surface area contributed by atoms with Crippen LogP contribution in [0.5, 0.6) is 0 Å². The van der Waals surface area contributed by atoms with Gasteiger partial charge in [0.1, 0.15) is 0 Å². The topological polar surface area (TPSA) is 91.1 Å². The summed E-state index contributed by atoms with van der Waals surface area (Å²) in [5, 5.41) is 3.03. The van der Waals surface area contributed by atoms with Crippen molar-refractivity contribution < 1.29 is 18.7 Å². The van der Waals surface area contributed by atoms with Gasteiger partial charge in [0.25, 0.3) is 11.8 Å². The van der Waals surface area contributed by atoms with Gasteiger partial charge in [-0.2, -0.15) is 0 Å². The van der Waals surface area contributed by atoms with Crippen molar-refractivity contribution in [1.29, 1.82) is 0 Å². The number of benzene rings is 3. The lowest BCUT2D eigenvalue weighted by Crippen LogP contribution is -2.44. The fourth-order valence-electron chi connectivity index (χ4n) is 5.05. The van der Waals surface area contributed by atoms with Crippen molar-refractivity contribution in [3.63, 3.8) is 0 Å². The highest BCUT2D eigenvalue weighted by atomic mass is 35.5. The third kappa shape index (κ3) is 5.77. The van der Waals surface area contributed by atoms with Gasteiger partial charge in [-0.25, -0.2) is 4.39 Å². The number of carbonyl (C=O) groups excluding carboxylic acids is 2. The van der Waals surface area contributed by atoms with Gasteiger partial charge in [-0.1, -0.05) is 29.8 Å². The van der Waals surface area contributed by atoms with Gasteiger partial charge in [0.05, 0.1) is 40.9 Å². The van der Waals surface area contributed by atoms with Crippen LogP contribution in [0.2, 0.25) is 5.02 Å². The molecule has 2 amide bonds. The number of hydrogen-bond acceptors (Lipinski definition) is 6. The van der Waals surface area contributed by atoms with Gasteiger partial charge < -0.3 is 30.5 Å². The Balaban J connectivity index is 1.45. The van der Waals surface area contributed by atoms with E-state index in [1.54, 1.807) is 4.90 Å². The number of amides is 2.